The maximum absolute atomic E-state index is 14.3. The Kier molecular flexibility index (Phi) is 8.64. The number of phenolic OH excluding ortho intramolecular Hbond substituents is 1. The monoisotopic (exact) mass is 493 g/mol. The third kappa shape index (κ3) is 5.90. The van der Waals surface area contributed by atoms with Crippen molar-refractivity contribution < 1.29 is 9.50 Å². The van der Waals surface area contributed by atoms with E-state index >= 15 is 0 Å². The van der Waals surface area contributed by atoms with E-state index in [4.69, 9.17) is 5.10 Å². The molecule has 1 saturated heterocycles. The summed E-state index contributed by atoms with van der Waals surface area (Å²) in [5.41, 5.74) is 5.17. The van der Waals surface area contributed by atoms with Crippen LogP contribution in [-0.2, 0) is 19.5 Å². The van der Waals surface area contributed by atoms with Crippen molar-refractivity contribution in [1.82, 2.24) is 19.6 Å². The van der Waals surface area contributed by atoms with Crippen LogP contribution in [0.4, 0.5) is 10.2 Å². The molecule has 0 bridgehead atoms. The predicted molar refractivity (Wildman–Crippen MR) is 144 cm³/mol. The van der Waals surface area contributed by atoms with Crippen LogP contribution in [0.5, 0.6) is 5.75 Å². The average Bonchev–Trinajstić information content (AvgIpc) is 3.23. The molecular formula is C29H40FN5O. The zero-order chi connectivity index (χ0) is 25.7. The molecule has 4 rings (SSSR count). The second-order valence-electron chi connectivity index (χ2n) is 9.74. The fourth-order valence-electron chi connectivity index (χ4n) is 5.05. The summed E-state index contributed by atoms with van der Waals surface area (Å²) >= 11 is 0. The fraction of sp³-hybridized carbons (Fsp3) is 0.483. The van der Waals surface area contributed by atoms with Gasteiger partial charge in [-0.2, -0.15) is 5.10 Å². The number of hydrogen-bond acceptors (Lipinski definition) is 5. The lowest BCUT2D eigenvalue weighted by molar-refractivity contribution is 0.264. The summed E-state index contributed by atoms with van der Waals surface area (Å²) in [6.07, 6.45) is 1.88. The van der Waals surface area contributed by atoms with Crippen LogP contribution < -0.4 is 4.90 Å². The van der Waals surface area contributed by atoms with E-state index in [-0.39, 0.29) is 5.82 Å². The highest BCUT2D eigenvalue weighted by Gasteiger charge is 2.27. The number of phenols is 1. The number of aromatic hydroxyl groups is 1. The third-order valence-corrected chi connectivity index (χ3v) is 7.19. The summed E-state index contributed by atoms with van der Waals surface area (Å²) < 4.78 is 16.2. The van der Waals surface area contributed by atoms with Gasteiger partial charge in [0.05, 0.1) is 11.4 Å². The van der Waals surface area contributed by atoms with Crippen LogP contribution in [0.15, 0.2) is 42.5 Å². The van der Waals surface area contributed by atoms with E-state index in [0.29, 0.717) is 5.75 Å². The number of aryl methyl sites for hydroxylation is 2. The summed E-state index contributed by atoms with van der Waals surface area (Å²) in [5, 5.41) is 15.0. The number of piperazine rings is 1. The molecule has 0 unspecified atom stereocenters. The Bertz CT molecular complexity index is 1150. The van der Waals surface area contributed by atoms with Crippen molar-refractivity contribution >= 4 is 5.82 Å². The SMILES string of the molecule is CCCc1nn(-c2cccc(F)c2)c(N2CCN(CC)CC2)c1CN(CC)Cc1ccc(O)c(C)c1. The first-order valence-corrected chi connectivity index (χ1v) is 13.3. The normalized spacial score (nSPS) is 14.7. The van der Waals surface area contributed by atoms with Crippen LogP contribution in [0.25, 0.3) is 5.69 Å². The molecule has 0 amide bonds. The zero-order valence-corrected chi connectivity index (χ0v) is 22.2. The fourth-order valence-corrected chi connectivity index (χ4v) is 5.05. The van der Waals surface area contributed by atoms with Gasteiger partial charge in [-0.1, -0.05) is 45.4 Å². The molecule has 1 N–H and O–H groups in total. The Balaban J connectivity index is 1.74. The lowest BCUT2D eigenvalue weighted by atomic mass is 10.1. The van der Waals surface area contributed by atoms with Crippen molar-refractivity contribution in [3.05, 3.63) is 70.7 Å². The van der Waals surface area contributed by atoms with E-state index in [1.54, 1.807) is 18.2 Å². The van der Waals surface area contributed by atoms with E-state index in [1.165, 1.54) is 17.2 Å². The number of nitrogens with zero attached hydrogens (tertiary/aromatic N) is 5. The van der Waals surface area contributed by atoms with Crippen molar-refractivity contribution in [2.75, 3.05) is 44.2 Å². The second-order valence-corrected chi connectivity index (χ2v) is 9.74. The highest BCUT2D eigenvalue weighted by Crippen LogP contribution is 2.31. The van der Waals surface area contributed by atoms with Gasteiger partial charge >= 0.3 is 0 Å². The molecule has 0 radical (unpaired) electrons. The molecule has 2 heterocycles. The van der Waals surface area contributed by atoms with Crippen LogP contribution in [0, 0.1) is 12.7 Å². The standard InChI is InChI=1S/C29H40FN5O/c1-5-9-27-26(21-33(7-3)20-23-12-13-28(36)22(4)18-23)29(34-16-14-32(6-2)15-17-34)35(31-27)25-11-8-10-24(30)19-25/h8,10-13,18-19,36H,5-7,9,14-17,20-21H2,1-4H3. The van der Waals surface area contributed by atoms with Crippen LogP contribution in [0.2, 0.25) is 0 Å². The molecular weight excluding hydrogens is 453 g/mol. The Morgan fingerprint density at radius 2 is 1.78 bits per heavy atom. The van der Waals surface area contributed by atoms with Crippen LogP contribution in [0.1, 0.15) is 49.6 Å². The molecule has 7 heteroatoms. The highest BCUT2D eigenvalue weighted by molar-refractivity contribution is 5.56. The number of rotatable bonds is 10. The summed E-state index contributed by atoms with van der Waals surface area (Å²) in [4.78, 5) is 7.33. The first-order valence-electron chi connectivity index (χ1n) is 13.3. The van der Waals surface area contributed by atoms with E-state index < -0.39 is 0 Å². The first kappa shape index (κ1) is 26.2. The van der Waals surface area contributed by atoms with Gasteiger partial charge in [0.2, 0.25) is 0 Å². The quantitative estimate of drug-likeness (QED) is 0.424. The molecule has 0 spiro atoms. The van der Waals surface area contributed by atoms with Gasteiger partial charge in [0, 0.05) is 44.8 Å². The van der Waals surface area contributed by atoms with Crippen LogP contribution in [0.3, 0.4) is 0 Å². The second kappa shape index (κ2) is 11.9. The number of likely N-dealkylation sites (N-methyl/N-ethyl adjacent to an activating group) is 1. The summed E-state index contributed by atoms with van der Waals surface area (Å²) in [7, 11) is 0. The molecule has 1 fully saturated rings. The molecule has 1 aliphatic rings. The summed E-state index contributed by atoms with van der Waals surface area (Å²) in [6, 6.07) is 12.6. The first-order chi connectivity index (χ1) is 17.4. The van der Waals surface area contributed by atoms with E-state index in [9.17, 15) is 9.50 Å². The van der Waals surface area contributed by atoms with Crippen molar-refractivity contribution in [1.29, 1.82) is 0 Å². The number of benzene rings is 2. The molecule has 0 aliphatic carbocycles. The van der Waals surface area contributed by atoms with Crippen molar-refractivity contribution in [2.24, 2.45) is 0 Å². The molecule has 194 valence electrons. The Morgan fingerprint density at radius 3 is 2.42 bits per heavy atom. The molecule has 2 aromatic carbocycles. The maximum atomic E-state index is 14.3. The number of aromatic nitrogens is 2. The van der Waals surface area contributed by atoms with Gasteiger partial charge < -0.3 is 14.9 Å². The molecule has 0 saturated carbocycles. The predicted octanol–water partition coefficient (Wildman–Crippen LogP) is 5.14. The topological polar surface area (TPSA) is 47.8 Å². The van der Waals surface area contributed by atoms with Gasteiger partial charge in [0.15, 0.2) is 0 Å². The van der Waals surface area contributed by atoms with Crippen LogP contribution in [-0.4, -0.2) is 64.0 Å². The molecule has 6 nitrogen and oxygen atoms in total. The van der Waals surface area contributed by atoms with Crippen molar-refractivity contribution in [2.45, 2.75) is 53.6 Å². The largest absolute Gasteiger partial charge is 0.508 e. The Labute approximate surface area is 214 Å². The van der Waals surface area contributed by atoms with E-state index in [1.807, 2.05) is 23.7 Å². The van der Waals surface area contributed by atoms with Gasteiger partial charge in [-0.25, -0.2) is 9.07 Å². The van der Waals surface area contributed by atoms with E-state index in [2.05, 4.69) is 41.5 Å². The molecule has 1 aromatic heterocycles. The van der Waals surface area contributed by atoms with Crippen molar-refractivity contribution in [3.8, 4) is 11.4 Å². The molecule has 0 atom stereocenters. The lowest BCUT2D eigenvalue weighted by Crippen LogP contribution is -2.47. The maximum Gasteiger partial charge on any atom is 0.137 e. The number of hydrogen-bond donors (Lipinski definition) is 1. The van der Waals surface area contributed by atoms with Crippen LogP contribution >= 0.6 is 0 Å². The van der Waals surface area contributed by atoms with Crippen molar-refractivity contribution in [3.63, 3.8) is 0 Å². The van der Waals surface area contributed by atoms with Gasteiger partial charge in [0.1, 0.15) is 17.4 Å². The Morgan fingerprint density at radius 1 is 1.00 bits per heavy atom. The highest BCUT2D eigenvalue weighted by atomic mass is 19.1. The molecule has 36 heavy (non-hydrogen) atoms. The zero-order valence-electron chi connectivity index (χ0n) is 22.2. The minimum atomic E-state index is -0.249. The van der Waals surface area contributed by atoms with Gasteiger partial charge in [0.25, 0.3) is 0 Å². The smallest absolute Gasteiger partial charge is 0.137 e. The van der Waals surface area contributed by atoms with Gasteiger partial charge in [-0.15, -0.1) is 0 Å². The molecule has 3 aromatic rings. The number of anilines is 1. The van der Waals surface area contributed by atoms with Gasteiger partial charge in [-0.05, 0) is 61.8 Å². The summed E-state index contributed by atoms with van der Waals surface area (Å²) in [6.45, 7) is 15.9. The minimum Gasteiger partial charge on any atom is -0.508 e. The van der Waals surface area contributed by atoms with Gasteiger partial charge in [-0.3, -0.25) is 4.90 Å². The third-order valence-electron chi connectivity index (χ3n) is 7.19. The summed E-state index contributed by atoms with van der Waals surface area (Å²) in [5.74, 6) is 1.18. The lowest BCUT2D eigenvalue weighted by Gasteiger charge is -2.36. The Hall–Kier alpha value is -2.90. The minimum absolute atomic E-state index is 0.249. The number of halogens is 1. The van der Waals surface area contributed by atoms with E-state index in [0.717, 1.165) is 88.0 Å². The average molecular weight is 494 g/mol. The molecule has 1 aliphatic heterocycles.